The molecule has 5 nitrogen and oxygen atoms in total. The van der Waals surface area contributed by atoms with E-state index in [4.69, 9.17) is 11.6 Å². The van der Waals surface area contributed by atoms with Crippen molar-refractivity contribution in [1.82, 2.24) is 9.78 Å². The second kappa shape index (κ2) is 8.92. The molecular formula is C26H14ClF3N2O3S. The number of aromatic nitrogens is 2. The molecule has 0 bridgehead atoms. The predicted octanol–water partition coefficient (Wildman–Crippen LogP) is 7.49. The van der Waals surface area contributed by atoms with Gasteiger partial charge in [-0.05, 0) is 53.4 Å². The van der Waals surface area contributed by atoms with Crippen LogP contribution in [0.15, 0.2) is 78.2 Å². The number of halogens is 4. The van der Waals surface area contributed by atoms with Crippen molar-refractivity contribution in [3.05, 3.63) is 99.9 Å². The summed E-state index contributed by atoms with van der Waals surface area (Å²) in [6.45, 7) is 0. The maximum absolute atomic E-state index is 13.8. The van der Waals surface area contributed by atoms with Crippen LogP contribution >= 0.6 is 22.9 Å². The molecule has 0 saturated carbocycles. The van der Waals surface area contributed by atoms with Crippen LogP contribution in [0.2, 0.25) is 5.02 Å². The number of nitrogens with zero attached hydrogens (tertiary/aromatic N) is 2. The molecule has 3 aromatic carbocycles. The minimum Gasteiger partial charge on any atom is -0.478 e. The smallest absolute Gasteiger partial charge is 0.417 e. The highest BCUT2D eigenvalue weighted by Gasteiger charge is 2.37. The highest BCUT2D eigenvalue weighted by molar-refractivity contribution is 7.13. The van der Waals surface area contributed by atoms with Gasteiger partial charge in [0, 0.05) is 15.8 Å². The molecule has 0 aliphatic heterocycles. The van der Waals surface area contributed by atoms with Crippen LogP contribution in [0.5, 0.6) is 0 Å². The predicted molar refractivity (Wildman–Crippen MR) is 132 cm³/mol. The van der Waals surface area contributed by atoms with Gasteiger partial charge >= 0.3 is 12.1 Å². The third-order valence-electron chi connectivity index (χ3n) is 5.62. The van der Waals surface area contributed by atoms with Crippen LogP contribution in [0.1, 0.15) is 26.3 Å². The van der Waals surface area contributed by atoms with Gasteiger partial charge in [0.15, 0.2) is 0 Å². The largest absolute Gasteiger partial charge is 0.478 e. The molecule has 36 heavy (non-hydrogen) atoms. The first-order valence-corrected chi connectivity index (χ1v) is 11.7. The fourth-order valence-electron chi connectivity index (χ4n) is 3.93. The Morgan fingerprint density at radius 2 is 1.67 bits per heavy atom. The topological polar surface area (TPSA) is 72.2 Å². The SMILES string of the molecule is O=C(O)c1ccc(-c2nn(C(=O)c3c(Cl)cccc3C(F)(F)F)c3cc(-c4cccs4)ccc23)cc1. The maximum Gasteiger partial charge on any atom is 0.417 e. The van der Waals surface area contributed by atoms with Crippen LogP contribution in [-0.4, -0.2) is 26.8 Å². The van der Waals surface area contributed by atoms with Crippen molar-refractivity contribution in [2.45, 2.75) is 6.18 Å². The summed E-state index contributed by atoms with van der Waals surface area (Å²) in [6.07, 6.45) is -4.81. The Balaban J connectivity index is 1.75. The average Bonchev–Trinajstić information content (AvgIpc) is 3.51. The molecule has 0 fully saturated rings. The number of carbonyl (C=O) groups excluding carboxylic acids is 1. The summed E-state index contributed by atoms with van der Waals surface area (Å²) in [5.41, 5.74) is 0.0511. The number of alkyl halides is 3. The van der Waals surface area contributed by atoms with Crippen molar-refractivity contribution in [2.24, 2.45) is 0 Å². The van der Waals surface area contributed by atoms with E-state index in [1.54, 1.807) is 12.1 Å². The van der Waals surface area contributed by atoms with E-state index >= 15 is 0 Å². The number of carboxylic acids is 1. The highest BCUT2D eigenvalue weighted by atomic mass is 35.5. The van der Waals surface area contributed by atoms with Crippen molar-refractivity contribution in [1.29, 1.82) is 0 Å². The van der Waals surface area contributed by atoms with E-state index in [2.05, 4.69) is 5.10 Å². The normalized spacial score (nSPS) is 11.7. The Morgan fingerprint density at radius 3 is 2.31 bits per heavy atom. The molecule has 0 spiro atoms. The van der Waals surface area contributed by atoms with Gasteiger partial charge < -0.3 is 5.11 Å². The number of carbonyl (C=O) groups is 2. The molecule has 0 atom stereocenters. The molecule has 0 amide bonds. The summed E-state index contributed by atoms with van der Waals surface area (Å²) < 4.78 is 42.2. The Bertz CT molecular complexity index is 1630. The van der Waals surface area contributed by atoms with E-state index in [0.717, 1.165) is 27.3 Å². The molecule has 0 saturated heterocycles. The second-order valence-electron chi connectivity index (χ2n) is 7.82. The molecule has 5 rings (SSSR count). The minimum atomic E-state index is -4.81. The molecule has 2 aromatic heterocycles. The van der Waals surface area contributed by atoms with Crippen molar-refractivity contribution < 1.29 is 27.9 Å². The van der Waals surface area contributed by atoms with E-state index in [-0.39, 0.29) is 16.1 Å². The third-order valence-corrected chi connectivity index (χ3v) is 6.85. The first kappa shape index (κ1) is 23.8. The van der Waals surface area contributed by atoms with Crippen LogP contribution in [0.25, 0.3) is 32.6 Å². The summed E-state index contributed by atoms with van der Waals surface area (Å²) in [5.74, 6) is -2.14. The Hall–Kier alpha value is -3.95. The zero-order chi connectivity index (χ0) is 25.6. The number of thiophene rings is 1. The van der Waals surface area contributed by atoms with Crippen molar-refractivity contribution in [3.63, 3.8) is 0 Å². The van der Waals surface area contributed by atoms with Crippen LogP contribution in [0, 0.1) is 0 Å². The van der Waals surface area contributed by atoms with E-state index in [1.807, 2.05) is 23.6 Å². The molecule has 5 aromatic rings. The van der Waals surface area contributed by atoms with Crippen LogP contribution in [0.4, 0.5) is 13.2 Å². The lowest BCUT2D eigenvalue weighted by Gasteiger charge is -2.13. The van der Waals surface area contributed by atoms with Crippen molar-refractivity contribution in [3.8, 4) is 21.7 Å². The average molecular weight is 527 g/mol. The number of aromatic carboxylic acids is 1. The highest BCUT2D eigenvalue weighted by Crippen LogP contribution is 2.38. The Kier molecular flexibility index (Phi) is 5.89. The van der Waals surface area contributed by atoms with Gasteiger partial charge in [0.1, 0.15) is 5.69 Å². The van der Waals surface area contributed by atoms with Crippen LogP contribution in [-0.2, 0) is 6.18 Å². The standard InChI is InChI=1S/C26H14ClF3N2O3S/c27-19-4-1-3-18(26(28,29)30)22(19)24(33)32-20-13-16(21-5-2-12-36-21)10-11-17(20)23(31-32)14-6-8-15(9-7-14)25(34)35/h1-13H,(H,34,35). The maximum atomic E-state index is 13.8. The molecule has 0 unspecified atom stereocenters. The van der Waals surface area contributed by atoms with Gasteiger partial charge in [-0.1, -0.05) is 41.9 Å². The molecule has 180 valence electrons. The number of carboxylic acid groups (broad SMARTS) is 1. The fraction of sp³-hybridized carbons (Fsp3) is 0.0385. The third kappa shape index (κ3) is 4.16. The van der Waals surface area contributed by atoms with Gasteiger partial charge in [0.05, 0.1) is 27.2 Å². The first-order chi connectivity index (χ1) is 17.1. The van der Waals surface area contributed by atoms with Crippen LogP contribution in [0.3, 0.4) is 0 Å². The number of benzene rings is 3. The van der Waals surface area contributed by atoms with Gasteiger partial charge in [-0.25, -0.2) is 4.79 Å². The zero-order valence-corrected chi connectivity index (χ0v) is 19.7. The lowest BCUT2D eigenvalue weighted by Crippen LogP contribution is -2.20. The summed E-state index contributed by atoms with van der Waals surface area (Å²) in [5, 5.41) is 15.6. The number of fused-ring (bicyclic) bond motifs is 1. The molecule has 0 aliphatic rings. The molecule has 0 radical (unpaired) electrons. The Labute approximate surface area is 211 Å². The summed E-state index contributed by atoms with van der Waals surface area (Å²) in [6, 6.07) is 18.0. The lowest BCUT2D eigenvalue weighted by molar-refractivity contribution is -0.137. The number of rotatable bonds is 4. The summed E-state index contributed by atoms with van der Waals surface area (Å²) in [4.78, 5) is 25.7. The molecular weight excluding hydrogens is 513 g/mol. The molecule has 10 heteroatoms. The van der Waals surface area contributed by atoms with Gasteiger partial charge in [-0.2, -0.15) is 23.0 Å². The van der Waals surface area contributed by atoms with Crippen molar-refractivity contribution >= 4 is 45.7 Å². The number of hydrogen-bond donors (Lipinski definition) is 1. The quantitative estimate of drug-likeness (QED) is 0.263. The number of hydrogen-bond acceptors (Lipinski definition) is 4. The molecule has 0 aliphatic carbocycles. The monoisotopic (exact) mass is 526 g/mol. The molecule has 1 N–H and O–H groups in total. The van der Waals surface area contributed by atoms with Gasteiger partial charge in [0.2, 0.25) is 0 Å². The summed E-state index contributed by atoms with van der Waals surface area (Å²) >= 11 is 7.57. The van der Waals surface area contributed by atoms with Gasteiger partial charge in [-0.15, -0.1) is 11.3 Å². The second-order valence-corrected chi connectivity index (χ2v) is 9.17. The summed E-state index contributed by atoms with van der Waals surface area (Å²) in [7, 11) is 0. The van der Waals surface area contributed by atoms with Crippen LogP contribution < -0.4 is 0 Å². The van der Waals surface area contributed by atoms with Gasteiger partial charge in [-0.3, -0.25) is 4.79 Å². The minimum absolute atomic E-state index is 0.0597. The van der Waals surface area contributed by atoms with E-state index < -0.39 is 29.2 Å². The van der Waals surface area contributed by atoms with Gasteiger partial charge in [0.25, 0.3) is 5.91 Å². The first-order valence-electron chi connectivity index (χ1n) is 10.5. The van der Waals surface area contributed by atoms with Crippen molar-refractivity contribution in [2.75, 3.05) is 0 Å². The van der Waals surface area contributed by atoms with E-state index in [0.29, 0.717) is 16.6 Å². The zero-order valence-electron chi connectivity index (χ0n) is 18.1. The lowest BCUT2D eigenvalue weighted by atomic mass is 10.0. The van der Waals surface area contributed by atoms with E-state index in [1.165, 1.54) is 41.7 Å². The molecule has 2 heterocycles. The van der Waals surface area contributed by atoms with E-state index in [9.17, 15) is 27.9 Å². The fourth-order valence-corrected chi connectivity index (χ4v) is 4.91. The Morgan fingerprint density at radius 1 is 0.944 bits per heavy atom.